The van der Waals surface area contributed by atoms with Gasteiger partial charge in [0, 0.05) is 25.7 Å². The Labute approximate surface area is 201 Å². The van der Waals surface area contributed by atoms with Crippen LogP contribution in [0.2, 0.25) is 0 Å². The Balaban J connectivity index is 1.50. The fourth-order valence-electron chi connectivity index (χ4n) is 4.68. The lowest BCUT2D eigenvalue weighted by atomic mass is 10.0. The third kappa shape index (κ3) is 5.37. The van der Waals surface area contributed by atoms with Crippen molar-refractivity contribution in [3.8, 4) is 11.5 Å². The Morgan fingerprint density at radius 1 is 1.03 bits per heavy atom. The van der Waals surface area contributed by atoms with Crippen LogP contribution in [0.5, 0.6) is 11.5 Å². The second-order valence-electron chi connectivity index (χ2n) is 8.62. The number of rotatable bonds is 8. The SMILES string of the molecule is COc1cccc(CC2CCCN2C(=O)Cc2ccc(OC)c(S(=O)(=O)N3CCOCC3)c2)c1. The molecule has 2 saturated heterocycles. The van der Waals surface area contributed by atoms with E-state index < -0.39 is 10.0 Å². The number of hydrogen-bond acceptors (Lipinski definition) is 6. The highest BCUT2D eigenvalue weighted by molar-refractivity contribution is 7.89. The van der Waals surface area contributed by atoms with E-state index in [1.54, 1.807) is 25.3 Å². The number of sulfonamides is 1. The van der Waals surface area contributed by atoms with E-state index in [0.717, 1.165) is 30.6 Å². The number of amides is 1. The summed E-state index contributed by atoms with van der Waals surface area (Å²) in [5.41, 5.74) is 1.79. The van der Waals surface area contributed by atoms with Gasteiger partial charge in [-0.3, -0.25) is 4.79 Å². The predicted molar refractivity (Wildman–Crippen MR) is 128 cm³/mol. The molecule has 2 aliphatic rings. The highest BCUT2D eigenvalue weighted by Crippen LogP contribution is 2.30. The van der Waals surface area contributed by atoms with Crippen LogP contribution < -0.4 is 9.47 Å². The minimum Gasteiger partial charge on any atom is -0.497 e. The van der Waals surface area contributed by atoms with E-state index in [1.807, 2.05) is 23.1 Å². The molecule has 9 heteroatoms. The summed E-state index contributed by atoms with van der Waals surface area (Å²) in [5.74, 6) is 1.09. The lowest BCUT2D eigenvalue weighted by Crippen LogP contribution is -2.40. The molecule has 0 aromatic heterocycles. The number of likely N-dealkylation sites (tertiary alicyclic amines) is 1. The summed E-state index contributed by atoms with van der Waals surface area (Å²) in [6, 6.07) is 13.0. The van der Waals surface area contributed by atoms with Crippen LogP contribution in [-0.4, -0.2) is 76.6 Å². The Morgan fingerprint density at radius 3 is 2.56 bits per heavy atom. The van der Waals surface area contributed by atoms with E-state index in [9.17, 15) is 13.2 Å². The van der Waals surface area contributed by atoms with E-state index in [1.165, 1.54) is 11.4 Å². The number of ether oxygens (including phenoxy) is 3. The largest absolute Gasteiger partial charge is 0.497 e. The van der Waals surface area contributed by atoms with Crippen molar-refractivity contribution in [2.75, 3.05) is 47.1 Å². The molecule has 1 amide bonds. The van der Waals surface area contributed by atoms with Gasteiger partial charge in [-0.25, -0.2) is 8.42 Å². The molecule has 0 spiro atoms. The van der Waals surface area contributed by atoms with Gasteiger partial charge in [0.15, 0.2) is 0 Å². The first kappa shape index (κ1) is 24.5. The van der Waals surface area contributed by atoms with Gasteiger partial charge >= 0.3 is 0 Å². The molecule has 1 atom stereocenters. The normalized spacial score (nSPS) is 19.2. The smallest absolute Gasteiger partial charge is 0.246 e. The van der Waals surface area contributed by atoms with Crippen molar-refractivity contribution in [3.05, 3.63) is 53.6 Å². The van der Waals surface area contributed by atoms with E-state index in [2.05, 4.69) is 6.07 Å². The van der Waals surface area contributed by atoms with Crippen molar-refractivity contribution in [1.29, 1.82) is 0 Å². The zero-order chi connectivity index (χ0) is 24.1. The van der Waals surface area contributed by atoms with Crippen molar-refractivity contribution in [3.63, 3.8) is 0 Å². The summed E-state index contributed by atoms with van der Waals surface area (Å²) >= 11 is 0. The number of methoxy groups -OCH3 is 2. The first-order valence-electron chi connectivity index (χ1n) is 11.6. The molecule has 2 aromatic carbocycles. The van der Waals surface area contributed by atoms with E-state index in [4.69, 9.17) is 14.2 Å². The molecule has 1 unspecified atom stereocenters. The highest BCUT2D eigenvalue weighted by Gasteiger charge is 2.31. The monoisotopic (exact) mass is 488 g/mol. The molecule has 0 bridgehead atoms. The molecule has 0 aliphatic carbocycles. The quantitative estimate of drug-likeness (QED) is 0.568. The molecule has 2 fully saturated rings. The molecule has 4 rings (SSSR count). The summed E-state index contributed by atoms with van der Waals surface area (Å²) < 4.78 is 43.9. The fourth-order valence-corrected chi connectivity index (χ4v) is 6.30. The number of nitrogens with zero attached hydrogens (tertiary/aromatic N) is 2. The first-order valence-corrected chi connectivity index (χ1v) is 13.0. The van der Waals surface area contributed by atoms with Gasteiger partial charge in [-0.2, -0.15) is 4.31 Å². The molecule has 0 radical (unpaired) electrons. The number of carbonyl (C=O) groups excluding carboxylic acids is 1. The number of hydrogen-bond donors (Lipinski definition) is 0. The van der Waals surface area contributed by atoms with E-state index in [-0.39, 0.29) is 29.0 Å². The maximum atomic E-state index is 13.3. The van der Waals surface area contributed by atoms with Crippen LogP contribution in [-0.2, 0) is 32.4 Å². The Morgan fingerprint density at radius 2 is 1.82 bits per heavy atom. The second kappa shape index (κ2) is 10.8. The second-order valence-corrected chi connectivity index (χ2v) is 10.5. The molecule has 8 nitrogen and oxygen atoms in total. The minimum absolute atomic E-state index is 0.00489. The van der Waals surface area contributed by atoms with Crippen molar-refractivity contribution in [1.82, 2.24) is 9.21 Å². The predicted octanol–water partition coefficient (Wildman–Crippen LogP) is 2.50. The van der Waals surface area contributed by atoms with Crippen LogP contribution in [0.1, 0.15) is 24.0 Å². The molecule has 2 aromatic rings. The average molecular weight is 489 g/mol. The zero-order valence-corrected chi connectivity index (χ0v) is 20.6. The van der Waals surface area contributed by atoms with Crippen LogP contribution >= 0.6 is 0 Å². The summed E-state index contributed by atoms with van der Waals surface area (Å²) in [4.78, 5) is 15.3. The Kier molecular flexibility index (Phi) is 7.75. The lowest BCUT2D eigenvalue weighted by molar-refractivity contribution is -0.131. The van der Waals surface area contributed by atoms with Crippen molar-refractivity contribution >= 4 is 15.9 Å². The van der Waals surface area contributed by atoms with Crippen LogP contribution in [0.25, 0.3) is 0 Å². The molecule has 2 aliphatic heterocycles. The maximum Gasteiger partial charge on any atom is 0.246 e. The third-order valence-corrected chi connectivity index (χ3v) is 8.39. The van der Waals surface area contributed by atoms with Crippen molar-refractivity contribution in [2.45, 2.75) is 36.6 Å². The molecule has 184 valence electrons. The summed E-state index contributed by atoms with van der Waals surface area (Å²) in [5, 5.41) is 0. The minimum atomic E-state index is -3.75. The van der Waals surface area contributed by atoms with Crippen LogP contribution in [0, 0.1) is 0 Å². The third-order valence-electron chi connectivity index (χ3n) is 6.47. The van der Waals surface area contributed by atoms with Gasteiger partial charge in [0.1, 0.15) is 16.4 Å². The van der Waals surface area contributed by atoms with Crippen LogP contribution in [0.3, 0.4) is 0 Å². The molecular weight excluding hydrogens is 456 g/mol. The van der Waals surface area contributed by atoms with Crippen molar-refractivity contribution in [2.24, 2.45) is 0 Å². The summed E-state index contributed by atoms with van der Waals surface area (Å²) in [6.07, 6.45) is 2.81. The van der Waals surface area contributed by atoms with Crippen LogP contribution in [0.15, 0.2) is 47.4 Å². The molecule has 34 heavy (non-hydrogen) atoms. The summed E-state index contributed by atoms with van der Waals surface area (Å²) in [6.45, 7) is 2.04. The summed E-state index contributed by atoms with van der Waals surface area (Å²) in [7, 11) is -0.653. The zero-order valence-electron chi connectivity index (χ0n) is 19.7. The van der Waals surface area contributed by atoms with E-state index in [0.29, 0.717) is 38.4 Å². The Hall–Kier alpha value is -2.62. The van der Waals surface area contributed by atoms with Gasteiger partial charge in [-0.1, -0.05) is 18.2 Å². The molecule has 0 saturated carbocycles. The molecule has 0 N–H and O–H groups in total. The first-order chi connectivity index (χ1) is 16.4. The number of morpholine rings is 1. The van der Waals surface area contributed by atoms with Gasteiger partial charge in [-0.05, 0) is 54.7 Å². The van der Waals surface area contributed by atoms with Gasteiger partial charge in [0.2, 0.25) is 15.9 Å². The maximum absolute atomic E-state index is 13.3. The fraction of sp³-hybridized carbons (Fsp3) is 0.480. The number of carbonyl (C=O) groups is 1. The van der Waals surface area contributed by atoms with Gasteiger partial charge in [0.05, 0.1) is 33.9 Å². The van der Waals surface area contributed by atoms with Crippen LogP contribution in [0.4, 0.5) is 0 Å². The van der Waals surface area contributed by atoms with Gasteiger partial charge in [-0.15, -0.1) is 0 Å². The van der Waals surface area contributed by atoms with Crippen molar-refractivity contribution < 1.29 is 27.4 Å². The average Bonchev–Trinajstić information content (AvgIpc) is 3.33. The van der Waals surface area contributed by atoms with E-state index >= 15 is 0 Å². The topological polar surface area (TPSA) is 85.4 Å². The van der Waals surface area contributed by atoms with Gasteiger partial charge in [0.25, 0.3) is 0 Å². The highest BCUT2D eigenvalue weighted by atomic mass is 32.2. The molecular formula is C25H32N2O6S. The molecule has 2 heterocycles. The van der Waals surface area contributed by atoms with Gasteiger partial charge < -0.3 is 19.1 Å². The Bertz CT molecular complexity index is 1110. The number of benzene rings is 2. The standard InChI is InChI=1S/C25H32N2O6S/c1-31-22-7-3-5-19(16-22)15-21-6-4-10-27(21)25(28)18-20-8-9-23(32-2)24(17-20)34(29,30)26-11-13-33-14-12-26/h3,5,7-9,16-17,21H,4,6,10-15,18H2,1-2H3. The lowest BCUT2D eigenvalue weighted by Gasteiger charge is -2.27.